The molecule has 37 heavy (non-hydrogen) atoms. The van der Waals surface area contributed by atoms with Gasteiger partial charge in [0, 0.05) is 46.8 Å². The topological polar surface area (TPSA) is 56.3 Å². The lowest BCUT2D eigenvalue weighted by molar-refractivity contribution is 0.276. The molecule has 208 valence electrons. The summed E-state index contributed by atoms with van der Waals surface area (Å²) in [5, 5.41) is 0. The van der Waals surface area contributed by atoms with Gasteiger partial charge in [-0.2, -0.15) is 0 Å². The lowest BCUT2D eigenvalue weighted by Gasteiger charge is -2.30. The zero-order chi connectivity index (χ0) is 27.6. The fourth-order valence-electron chi connectivity index (χ4n) is 4.00. The minimum atomic E-state index is -3.76. The highest BCUT2D eigenvalue weighted by Crippen LogP contribution is 2.41. The largest absolute Gasteiger partial charge is 0.454 e. The Balaban J connectivity index is 2.72. The van der Waals surface area contributed by atoms with Crippen LogP contribution in [0.2, 0.25) is 0 Å². The van der Waals surface area contributed by atoms with Gasteiger partial charge in [-0.3, -0.25) is 0 Å². The number of likely N-dealkylation sites (N-methyl/N-ethyl adjacent to an activating group) is 2. The second kappa shape index (κ2) is 14.7. The summed E-state index contributed by atoms with van der Waals surface area (Å²) >= 11 is 0. The average Bonchev–Trinajstić information content (AvgIpc) is 2.84. The van der Waals surface area contributed by atoms with E-state index < -0.39 is 10.0 Å². The van der Waals surface area contributed by atoms with Gasteiger partial charge in [0.2, 0.25) is 10.0 Å². The Morgan fingerprint density at radius 2 is 1.41 bits per heavy atom. The fourth-order valence-corrected chi connectivity index (χ4v) is 5.07. The third-order valence-corrected chi connectivity index (χ3v) is 8.20. The van der Waals surface area contributed by atoms with Crippen LogP contribution in [-0.2, 0) is 16.6 Å². The van der Waals surface area contributed by atoms with Crippen molar-refractivity contribution in [1.82, 2.24) is 14.1 Å². The van der Waals surface area contributed by atoms with Crippen LogP contribution < -0.4 is 9.64 Å². The molecular weight excluding hydrogens is 484 g/mol. The highest BCUT2D eigenvalue weighted by Gasteiger charge is 2.28. The van der Waals surface area contributed by atoms with Gasteiger partial charge in [-0.05, 0) is 70.7 Å². The monoisotopic (exact) mass is 532 g/mol. The molecule has 2 rings (SSSR count). The molecule has 0 aliphatic rings. The van der Waals surface area contributed by atoms with Crippen LogP contribution in [0.25, 0.3) is 0 Å². The molecule has 0 saturated heterocycles. The molecule has 0 heterocycles. The number of aryl methyl sites for hydroxylation is 1. The van der Waals surface area contributed by atoms with Crippen LogP contribution >= 0.6 is 0 Å². The van der Waals surface area contributed by atoms with E-state index in [0.717, 1.165) is 68.7 Å². The Labute approximate surface area is 226 Å². The van der Waals surface area contributed by atoms with Gasteiger partial charge in [0.05, 0.1) is 5.69 Å². The second-order valence-electron chi connectivity index (χ2n) is 10.4. The second-order valence-corrected chi connectivity index (χ2v) is 12.5. The summed E-state index contributed by atoms with van der Waals surface area (Å²) in [5.74, 6) is 1.04. The van der Waals surface area contributed by atoms with E-state index in [2.05, 4.69) is 55.8 Å². The van der Waals surface area contributed by atoms with Gasteiger partial charge in [0.1, 0.15) is 10.6 Å². The number of hydrogen-bond acceptors (Lipinski definition) is 6. The highest BCUT2D eigenvalue weighted by molar-refractivity contribution is 7.89. The Morgan fingerprint density at radius 1 is 0.811 bits per heavy atom. The molecule has 0 amide bonds. The molecule has 8 heteroatoms. The lowest BCUT2D eigenvalue weighted by Crippen LogP contribution is -2.30. The van der Waals surface area contributed by atoms with Crippen molar-refractivity contribution in [2.24, 2.45) is 0 Å². The van der Waals surface area contributed by atoms with Crippen molar-refractivity contribution < 1.29 is 13.2 Å². The van der Waals surface area contributed by atoms with E-state index in [9.17, 15) is 8.42 Å². The third-order valence-electron chi connectivity index (χ3n) is 6.38. The highest BCUT2D eigenvalue weighted by atomic mass is 32.2. The molecule has 0 fully saturated rings. The Bertz CT molecular complexity index is 1060. The van der Waals surface area contributed by atoms with Crippen molar-refractivity contribution in [3.63, 3.8) is 0 Å². The van der Waals surface area contributed by atoms with Crippen LogP contribution in [-0.4, -0.2) is 83.9 Å². The first kappa shape index (κ1) is 31.1. The fraction of sp³-hybridized carbons (Fsp3) is 0.586. The molecule has 2 aromatic rings. The predicted octanol–water partition coefficient (Wildman–Crippen LogP) is 5.44. The summed E-state index contributed by atoms with van der Waals surface area (Å²) in [5.41, 5.74) is 2.93. The molecule has 0 saturated carbocycles. The van der Waals surface area contributed by atoms with E-state index >= 15 is 0 Å². The Morgan fingerprint density at radius 3 is 1.92 bits per heavy atom. The number of anilines is 1. The minimum absolute atomic E-state index is 0.213. The normalized spacial score (nSPS) is 12.1. The van der Waals surface area contributed by atoms with Gasteiger partial charge in [-0.1, -0.05) is 44.4 Å². The van der Waals surface area contributed by atoms with E-state index in [4.69, 9.17) is 4.74 Å². The molecule has 7 nitrogen and oxygen atoms in total. The van der Waals surface area contributed by atoms with Crippen LogP contribution in [0.15, 0.2) is 41.3 Å². The standard InChI is InChI=1S/C29H48N4O3S/c1-9-11-17-33(18-12-10-2)27-21-25(23-32(8)20-19-30(4)5)22-28(37(34,35)31(6)7)29(27)36-26-15-13-24(3)14-16-26/h13-16,21-22H,9-12,17-20,23H2,1-8H3. The van der Waals surface area contributed by atoms with Gasteiger partial charge < -0.3 is 19.4 Å². The van der Waals surface area contributed by atoms with E-state index in [1.165, 1.54) is 4.31 Å². The summed E-state index contributed by atoms with van der Waals surface area (Å²) in [6.45, 7) is 10.5. The summed E-state index contributed by atoms with van der Waals surface area (Å²) in [4.78, 5) is 6.91. The molecule has 0 unspecified atom stereocenters. The first-order chi connectivity index (χ1) is 17.5. The maximum absolute atomic E-state index is 13.7. The summed E-state index contributed by atoms with van der Waals surface area (Å²) in [6.07, 6.45) is 4.17. The lowest BCUT2D eigenvalue weighted by atomic mass is 10.1. The number of rotatable bonds is 16. The van der Waals surface area contributed by atoms with Crippen molar-refractivity contribution in [2.45, 2.75) is 57.9 Å². The van der Waals surface area contributed by atoms with E-state index in [-0.39, 0.29) is 4.90 Å². The molecule has 0 bridgehead atoms. The number of nitrogens with zero attached hydrogens (tertiary/aromatic N) is 4. The molecule has 0 N–H and O–H groups in total. The van der Waals surface area contributed by atoms with Crippen molar-refractivity contribution >= 4 is 15.7 Å². The van der Waals surface area contributed by atoms with Crippen LogP contribution in [0.4, 0.5) is 5.69 Å². The van der Waals surface area contributed by atoms with Gasteiger partial charge in [0.15, 0.2) is 5.75 Å². The molecule has 2 aromatic carbocycles. The first-order valence-corrected chi connectivity index (χ1v) is 14.9. The van der Waals surface area contributed by atoms with Crippen LogP contribution in [0.3, 0.4) is 0 Å². The molecule has 0 atom stereocenters. The zero-order valence-corrected chi connectivity index (χ0v) is 25.1. The van der Waals surface area contributed by atoms with Gasteiger partial charge >= 0.3 is 0 Å². The molecule has 0 aliphatic heterocycles. The van der Waals surface area contributed by atoms with Crippen molar-refractivity contribution in [2.75, 3.05) is 66.3 Å². The number of unbranched alkanes of at least 4 members (excludes halogenated alkanes) is 2. The number of hydrogen-bond donors (Lipinski definition) is 0. The van der Waals surface area contributed by atoms with Crippen molar-refractivity contribution in [3.05, 3.63) is 47.5 Å². The van der Waals surface area contributed by atoms with Crippen LogP contribution in [0.5, 0.6) is 11.5 Å². The van der Waals surface area contributed by atoms with Crippen molar-refractivity contribution in [1.29, 1.82) is 0 Å². The quantitative estimate of drug-likeness (QED) is 0.287. The number of ether oxygens (including phenoxy) is 1. The van der Waals surface area contributed by atoms with Gasteiger partial charge in [-0.25, -0.2) is 12.7 Å². The van der Waals surface area contributed by atoms with E-state index in [1.54, 1.807) is 20.2 Å². The smallest absolute Gasteiger partial charge is 0.246 e. The molecule has 0 aliphatic carbocycles. The average molecular weight is 533 g/mol. The molecule has 0 spiro atoms. The van der Waals surface area contributed by atoms with Crippen molar-refractivity contribution in [3.8, 4) is 11.5 Å². The third kappa shape index (κ3) is 9.28. The Kier molecular flexibility index (Phi) is 12.4. The molecule has 0 radical (unpaired) electrons. The predicted molar refractivity (Wildman–Crippen MR) is 155 cm³/mol. The first-order valence-electron chi connectivity index (χ1n) is 13.4. The Hall–Kier alpha value is -2.13. The number of sulfonamides is 1. The molecular formula is C29H48N4O3S. The zero-order valence-electron chi connectivity index (χ0n) is 24.2. The van der Waals surface area contributed by atoms with E-state index in [1.807, 2.05) is 31.2 Å². The SMILES string of the molecule is CCCCN(CCCC)c1cc(CN(C)CCN(C)C)cc(S(=O)(=O)N(C)C)c1Oc1ccc(C)cc1. The number of benzene rings is 2. The maximum atomic E-state index is 13.7. The van der Waals surface area contributed by atoms with Gasteiger partial charge in [-0.15, -0.1) is 0 Å². The summed E-state index contributed by atoms with van der Waals surface area (Å²) in [6, 6.07) is 11.7. The van der Waals surface area contributed by atoms with Crippen LogP contribution in [0.1, 0.15) is 50.7 Å². The van der Waals surface area contributed by atoms with Crippen LogP contribution in [0, 0.1) is 6.92 Å². The van der Waals surface area contributed by atoms with E-state index in [0.29, 0.717) is 18.0 Å². The minimum Gasteiger partial charge on any atom is -0.454 e. The maximum Gasteiger partial charge on any atom is 0.246 e. The summed E-state index contributed by atoms with van der Waals surface area (Å²) in [7, 11) is 5.58. The van der Waals surface area contributed by atoms with Gasteiger partial charge in [0.25, 0.3) is 0 Å². The molecule has 0 aromatic heterocycles. The summed E-state index contributed by atoms with van der Waals surface area (Å²) < 4.78 is 35.0.